The molecule has 5 rings (SSSR count). The number of nitrogens with zero attached hydrogens (tertiary/aromatic N) is 2. The summed E-state index contributed by atoms with van der Waals surface area (Å²) in [6.07, 6.45) is 3.81. The largest absolute Gasteiger partial charge is 0.370 e. The fraction of sp³-hybridized carbons (Fsp3) is 0.367. The SMILES string of the molecule is CCCCc1nc(SCC(=O)NC(c2ccccc2)c2ccccc2)c2c3c(sc2n1)COC(C)(C)C3. The molecule has 37 heavy (non-hydrogen) atoms. The molecule has 0 saturated heterocycles. The second-order valence-electron chi connectivity index (χ2n) is 10.1. The van der Waals surface area contributed by atoms with Crippen molar-refractivity contribution in [3.8, 4) is 0 Å². The van der Waals surface area contributed by atoms with E-state index in [4.69, 9.17) is 14.7 Å². The van der Waals surface area contributed by atoms with Crippen molar-refractivity contribution in [2.75, 3.05) is 5.75 Å². The van der Waals surface area contributed by atoms with Gasteiger partial charge in [-0.25, -0.2) is 9.97 Å². The first-order chi connectivity index (χ1) is 17.9. The molecule has 2 aromatic carbocycles. The number of unbranched alkanes of at least 4 members (excludes halogenated alkanes) is 1. The molecule has 1 aliphatic rings. The number of thiophene rings is 1. The Hall–Kier alpha value is -2.74. The molecule has 5 nitrogen and oxygen atoms in total. The highest BCUT2D eigenvalue weighted by atomic mass is 32.2. The van der Waals surface area contributed by atoms with Crippen LogP contribution < -0.4 is 5.32 Å². The Labute approximate surface area is 227 Å². The van der Waals surface area contributed by atoms with Crippen LogP contribution in [0.25, 0.3) is 10.2 Å². The standard InChI is InChI=1S/C30H33N3O2S2/c1-4-5-16-24-31-28(26-22-17-30(2,3)35-18-23(22)37-29(26)32-24)36-19-25(34)33-27(20-12-8-6-9-13-20)21-14-10-7-11-15-21/h6-15,27H,4-5,16-19H2,1-3H3,(H,33,34). The quantitative estimate of drug-likeness (QED) is 0.188. The number of aryl methyl sites for hydroxylation is 1. The molecule has 0 unspecified atom stereocenters. The van der Waals surface area contributed by atoms with Gasteiger partial charge in [-0.1, -0.05) is 85.8 Å². The van der Waals surface area contributed by atoms with E-state index in [1.165, 1.54) is 22.2 Å². The number of thioether (sulfide) groups is 1. The number of carbonyl (C=O) groups excluding carboxylic acids is 1. The van der Waals surface area contributed by atoms with E-state index in [2.05, 4.69) is 50.4 Å². The van der Waals surface area contributed by atoms with Crippen LogP contribution in [0.2, 0.25) is 0 Å². The molecule has 1 amide bonds. The van der Waals surface area contributed by atoms with Gasteiger partial charge >= 0.3 is 0 Å². The van der Waals surface area contributed by atoms with Crippen molar-refractivity contribution in [1.82, 2.24) is 15.3 Å². The molecule has 1 aliphatic heterocycles. The van der Waals surface area contributed by atoms with Crippen LogP contribution in [-0.2, 0) is 29.0 Å². The Balaban J connectivity index is 1.41. The van der Waals surface area contributed by atoms with Crippen LogP contribution in [0.1, 0.15) is 67.0 Å². The maximum absolute atomic E-state index is 13.3. The van der Waals surface area contributed by atoms with Crippen LogP contribution in [0, 0.1) is 0 Å². The summed E-state index contributed by atoms with van der Waals surface area (Å²) in [5.41, 5.74) is 3.19. The number of aromatic nitrogens is 2. The van der Waals surface area contributed by atoms with Crippen molar-refractivity contribution in [3.63, 3.8) is 0 Å². The maximum atomic E-state index is 13.3. The lowest BCUT2D eigenvalue weighted by Gasteiger charge is -2.30. The molecule has 0 bridgehead atoms. The minimum Gasteiger partial charge on any atom is -0.370 e. The molecule has 0 aliphatic carbocycles. The zero-order chi connectivity index (χ0) is 25.8. The summed E-state index contributed by atoms with van der Waals surface area (Å²) in [6, 6.07) is 20.0. The van der Waals surface area contributed by atoms with Crippen molar-refractivity contribution >= 4 is 39.2 Å². The van der Waals surface area contributed by atoms with Gasteiger partial charge in [0.05, 0.1) is 24.0 Å². The minimum atomic E-state index is -0.222. The molecular formula is C30H33N3O2S2. The Morgan fingerprint density at radius 1 is 1.08 bits per heavy atom. The predicted octanol–water partition coefficient (Wildman–Crippen LogP) is 6.88. The van der Waals surface area contributed by atoms with E-state index in [0.717, 1.165) is 57.9 Å². The van der Waals surface area contributed by atoms with Gasteiger partial charge in [-0.3, -0.25) is 4.79 Å². The van der Waals surface area contributed by atoms with Crippen molar-refractivity contribution in [1.29, 1.82) is 0 Å². The number of rotatable bonds is 9. The molecule has 0 atom stereocenters. The average Bonchev–Trinajstić information content (AvgIpc) is 3.27. The van der Waals surface area contributed by atoms with E-state index in [0.29, 0.717) is 12.4 Å². The van der Waals surface area contributed by atoms with E-state index in [-0.39, 0.29) is 17.6 Å². The van der Waals surface area contributed by atoms with Crippen LogP contribution in [0.3, 0.4) is 0 Å². The van der Waals surface area contributed by atoms with Gasteiger partial charge in [0.2, 0.25) is 5.91 Å². The maximum Gasteiger partial charge on any atom is 0.231 e. The molecule has 2 aromatic heterocycles. The number of amides is 1. The Bertz CT molecular complexity index is 1330. The van der Waals surface area contributed by atoms with Gasteiger partial charge in [0.15, 0.2) is 0 Å². The number of hydrogen-bond donors (Lipinski definition) is 1. The average molecular weight is 532 g/mol. The summed E-state index contributed by atoms with van der Waals surface area (Å²) in [5.74, 6) is 1.14. The fourth-order valence-electron chi connectivity index (χ4n) is 4.69. The van der Waals surface area contributed by atoms with E-state index >= 15 is 0 Å². The van der Waals surface area contributed by atoms with Gasteiger partial charge in [-0.05, 0) is 37.0 Å². The zero-order valence-corrected chi connectivity index (χ0v) is 23.3. The first kappa shape index (κ1) is 25.9. The summed E-state index contributed by atoms with van der Waals surface area (Å²) in [5, 5.41) is 5.29. The third-order valence-corrected chi connectivity index (χ3v) is 8.68. The topological polar surface area (TPSA) is 64.1 Å². The first-order valence-electron chi connectivity index (χ1n) is 12.9. The zero-order valence-electron chi connectivity index (χ0n) is 21.6. The van der Waals surface area contributed by atoms with E-state index in [1.54, 1.807) is 11.3 Å². The summed E-state index contributed by atoms with van der Waals surface area (Å²) >= 11 is 3.23. The molecule has 7 heteroatoms. The fourth-order valence-corrected chi connectivity index (χ4v) is 6.76. The van der Waals surface area contributed by atoms with E-state index < -0.39 is 0 Å². The third kappa shape index (κ3) is 6.06. The molecule has 4 aromatic rings. The van der Waals surface area contributed by atoms with Crippen molar-refractivity contribution in [2.24, 2.45) is 0 Å². The summed E-state index contributed by atoms with van der Waals surface area (Å²) in [6.45, 7) is 7.04. The number of ether oxygens (including phenoxy) is 1. The monoisotopic (exact) mass is 531 g/mol. The number of nitrogens with one attached hydrogen (secondary N) is 1. The van der Waals surface area contributed by atoms with E-state index in [9.17, 15) is 4.79 Å². The summed E-state index contributed by atoms with van der Waals surface area (Å²) in [7, 11) is 0. The van der Waals surface area contributed by atoms with Crippen molar-refractivity contribution < 1.29 is 9.53 Å². The second-order valence-corrected chi connectivity index (χ2v) is 12.1. The lowest BCUT2D eigenvalue weighted by Crippen LogP contribution is -2.31. The second kappa shape index (κ2) is 11.3. The predicted molar refractivity (Wildman–Crippen MR) is 152 cm³/mol. The van der Waals surface area contributed by atoms with Crippen LogP contribution in [-0.4, -0.2) is 27.2 Å². The van der Waals surface area contributed by atoms with E-state index in [1.807, 2.05) is 36.4 Å². The highest BCUT2D eigenvalue weighted by Gasteiger charge is 2.31. The highest BCUT2D eigenvalue weighted by Crippen LogP contribution is 2.41. The van der Waals surface area contributed by atoms with Crippen LogP contribution in [0.15, 0.2) is 65.7 Å². The lowest BCUT2D eigenvalue weighted by atomic mass is 9.94. The number of hydrogen-bond acceptors (Lipinski definition) is 6. The molecule has 0 spiro atoms. The molecule has 192 valence electrons. The summed E-state index contributed by atoms with van der Waals surface area (Å²) in [4.78, 5) is 25.4. The smallest absolute Gasteiger partial charge is 0.231 e. The van der Waals surface area contributed by atoms with Crippen LogP contribution in [0.4, 0.5) is 0 Å². The molecule has 3 heterocycles. The number of fused-ring (bicyclic) bond motifs is 3. The first-order valence-corrected chi connectivity index (χ1v) is 14.7. The van der Waals surface area contributed by atoms with Gasteiger partial charge in [-0.15, -0.1) is 11.3 Å². The van der Waals surface area contributed by atoms with Gasteiger partial charge < -0.3 is 10.1 Å². The number of carbonyl (C=O) groups is 1. The Morgan fingerprint density at radius 2 is 1.76 bits per heavy atom. The summed E-state index contributed by atoms with van der Waals surface area (Å²) < 4.78 is 6.07. The Morgan fingerprint density at radius 3 is 2.41 bits per heavy atom. The number of benzene rings is 2. The highest BCUT2D eigenvalue weighted by molar-refractivity contribution is 8.00. The van der Waals surface area contributed by atoms with Gasteiger partial charge in [0.25, 0.3) is 0 Å². The molecular weight excluding hydrogens is 498 g/mol. The van der Waals surface area contributed by atoms with Crippen LogP contribution >= 0.6 is 23.1 Å². The molecule has 0 radical (unpaired) electrons. The normalized spacial score (nSPS) is 14.6. The lowest BCUT2D eigenvalue weighted by molar-refractivity contribution is -0.119. The van der Waals surface area contributed by atoms with Gasteiger partial charge in [0, 0.05) is 23.1 Å². The molecule has 1 N–H and O–H groups in total. The van der Waals surface area contributed by atoms with Crippen molar-refractivity contribution in [2.45, 2.75) is 69.7 Å². The third-order valence-electron chi connectivity index (χ3n) is 6.61. The minimum absolute atomic E-state index is 0.0164. The van der Waals surface area contributed by atoms with Crippen molar-refractivity contribution in [3.05, 3.63) is 88.1 Å². The molecule has 0 saturated carbocycles. The Kier molecular flexibility index (Phi) is 7.93. The van der Waals surface area contributed by atoms with Crippen LogP contribution in [0.5, 0.6) is 0 Å². The molecule has 0 fully saturated rings. The van der Waals surface area contributed by atoms with Gasteiger partial charge in [0.1, 0.15) is 15.7 Å². The van der Waals surface area contributed by atoms with Gasteiger partial charge in [-0.2, -0.15) is 0 Å².